The highest BCUT2D eigenvalue weighted by Gasteiger charge is 2.56. The van der Waals surface area contributed by atoms with E-state index in [1.807, 2.05) is 11.3 Å². The molecule has 0 aliphatic carbocycles. The number of aliphatic hydroxyl groups excluding tert-OH is 1. The fourth-order valence-electron chi connectivity index (χ4n) is 8.18. The van der Waals surface area contributed by atoms with Crippen LogP contribution in [-0.4, -0.2) is 18.5 Å². The summed E-state index contributed by atoms with van der Waals surface area (Å²) in [7, 11) is 1.65. The number of aryl methyl sites for hydroxylation is 2. The summed E-state index contributed by atoms with van der Waals surface area (Å²) >= 11 is 1.96. The van der Waals surface area contributed by atoms with E-state index in [1.165, 1.54) is 70.1 Å². The number of rotatable bonds is 3. The van der Waals surface area contributed by atoms with Crippen molar-refractivity contribution in [2.24, 2.45) is 5.41 Å². The van der Waals surface area contributed by atoms with Crippen LogP contribution in [0.5, 0.6) is 0 Å². The predicted octanol–water partition coefficient (Wildman–Crippen LogP) is 9.08. The number of hydrogen-bond donors (Lipinski definition) is 1. The standard InChI is InChI=1S/C38H44NO2S/c1-21-16-22-14-15-38(8)31-25-13-11-10-12-24(25)28(37(5,6)7)19-26(31)32-27-18-23(20-36(2,3)4)42-33(27)30(21)29(17-22)39(32)34(38)35(40)41-9/h10-13,16-19,34-35,40H,14-15,20H2,1-9H3/q+1. The zero-order valence-corrected chi connectivity index (χ0v) is 27.4. The fraction of sp³-hybridized carbons (Fsp3) is 0.447. The second kappa shape index (κ2) is 9.11. The van der Waals surface area contributed by atoms with E-state index in [0.29, 0.717) is 0 Å². The van der Waals surface area contributed by atoms with Gasteiger partial charge in [-0.05, 0) is 89.1 Å². The Balaban J connectivity index is 1.76. The van der Waals surface area contributed by atoms with Crippen LogP contribution in [-0.2, 0) is 28.4 Å². The first-order valence-corrected chi connectivity index (χ1v) is 16.3. The van der Waals surface area contributed by atoms with Gasteiger partial charge in [0.25, 0.3) is 0 Å². The van der Waals surface area contributed by atoms with Gasteiger partial charge in [0, 0.05) is 18.1 Å². The van der Waals surface area contributed by atoms with Crippen molar-refractivity contribution in [2.45, 2.75) is 97.8 Å². The average Bonchev–Trinajstić information content (AvgIpc) is 3.30. The van der Waals surface area contributed by atoms with Crippen molar-refractivity contribution in [1.29, 1.82) is 0 Å². The Kier molecular flexibility index (Phi) is 6.07. The maximum Gasteiger partial charge on any atom is 0.222 e. The van der Waals surface area contributed by atoms with Crippen LogP contribution in [0.2, 0.25) is 0 Å². The molecule has 5 aromatic rings. The van der Waals surface area contributed by atoms with Gasteiger partial charge >= 0.3 is 0 Å². The fourth-order valence-corrected chi connectivity index (χ4v) is 9.75. The van der Waals surface area contributed by atoms with Gasteiger partial charge in [0.2, 0.25) is 23.5 Å². The Labute approximate surface area is 254 Å². The van der Waals surface area contributed by atoms with E-state index in [-0.39, 0.29) is 22.3 Å². The molecule has 4 bridgehead atoms. The van der Waals surface area contributed by atoms with E-state index >= 15 is 0 Å². The molecule has 0 saturated heterocycles. The first-order valence-electron chi connectivity index (χ1n) is 15.4. The first-order chi connectivity index (χ1) is 19.7. The number of benzene rings is 3. The minimum absolute atomic E-state index is 0.0262. The maximum absolute atomic E-state index is 11.8. The summed E-state index contributed by atoms with van der Waals surface area (Å²) in [6, 6.07) is 18.5. The van der Waals surface area contributed by atoms with Gasteiger partial charge in [0.05, 0.1) is 26.5 Å². The summed E-state index contributed by atoms with van der Waals surface area (Å²) in [4.78, 5) is 1.42. The molecule has 0 amide bonds. The Hall–Kier alpha value is -2.79. The molecule has 218 valence electrons. The number of methoxy groups -OCH3 is 1. The third-order valence-electron chi connectivity index (χ3n) is 9.90. The van der Waals surface area contributed by atoms with Crippen LogP contribution in [0.1, 0.15) is 88.1 Å². The van der Waals surface area contributed by atoms with Crippen LogP contribution in [0.25, 0.3) is 43.0 Å². The third-order valence-corrected chi connectivity index (χ3v) is 11.1. The molecule has 0 fully saturated rings. The molecule has 4 heteroatoms. The summed E-state index contributed by atoms with van der Waals surface area (Å²) in [5.41, 5.74) is 9.02. The number of fused-ring (bicyclic) bond motifs is 10. The van der Waals surface area contributed by atoms with Crippen molar-refractivity contribution < 1.29 is 14.4 Å². The van der Waals surface area contributed by atoms with E-state index in [4.69, 9.17) is 4.74 Å². The van der Waals surface area contributed by atoms with Crippen LogP contribution in [0, 0.1) is 12.3 Å². The second-order valence-electron chi connectivity index (χ2n) is 15.3. The molecule has 0 spiro atoms. The number of ether oxygens (including phenoxy) is 1. The van der Waals surface area contributed by atoms with Gasteiger partial charge in [-0.15, -0.1) is 11.3 Å². The zero-order valence-electron chi connectivity index (χ0n) is 26.6. The van der Waals surface area contributed by atoms with E-state index in [9.17, 15) is 5.11 Å². The van der Waals surface area contributed by atoms with Gasteiger partial charge in [-0.3, -0.25) is 0 Å². The van der Waals surface area contributed by atoms with Gasteiger partial charge < -0.3 is 9.84 Å². The highest BCUT2D eigenvalue weighted by molar-refractivity contribution is 7.20. The lowest BCUT2D eigenvalue weighted by Crippen LogP contribution is -2.61. The summed E-state index contributed by atoms with van der Waals surface area (Å²) < 4.78 is 9.73. The Morgan fingerprint density at radius 3 is 2.40 bits per heavy atom. The molecule has 2 aliphatic heterocycles. The van der Waals surface area contributed by atoms with Crippen LogP contribution < -0.4 is 4.57 Å². The number of thiophene rings is 1. The molecule has 3 atom stereocenters. The van der Waals surface area contributed by atoms with Crippen molar-refractivity contribution >= 4 is 43.1 Å². The van der Waals surface area contributed by atoms with E-state index in [1.54, 1.807) is 7.11 Å². The lowest BCUT2D eigenvalue weighted by atomic mass is 9.64. The molecule has 3 unspecified atom stereocenters. The molecule has 0 saturated carbocycles. The van der Waals surface area contributed by atoms with Gasteiger partial charge in [0.1, 0.15) is 0 Å². The molecule has 3 aromatic carbocycles. The average molecular weight is 579 g/mol. The molecule has 4 heterocycles. The lowest BCUT2D eigenvalue weighted by molar-refractivity contribution is -0.715. The third kappa shape index (κ3) is 3.94. The molecule has 3 nitrogen and oxygen atoms in total. The molecule has 42 heavy (non-hydrogen) atoms. The zero-order chi connectivity index (χ0) is 29.9. The number of nitrogens with zero attached hydrogens (tertiary/aromatic N) is 1. The van der Waals surface area contributed by atoms with Crippen molar-refractivity contribution in [1.82, 2.24) is 0 Å². The van der Waals surface area contributed by atoms with Crippen LogP contribution >= 0.6 is 11.3 Å². The summed E-state index contributed by atoms with van der Waals surface area (Å²) in [6.07, 6.45) is 1.98. The number of aromatic nitrogens is 1. The second-order valence-corrected chi connectivity index (χ2v) is 16.5. The molecule has 2 aliphatic rings. The normalized spacial score (nSPS) is 20.9. The van der Waals surface area contributed by atoms with E-state index < -0.39 is 6.29 Å². The minimum Gasteiger partial charge on any atom is -0.363 e. The van der Waals surface area contributed by atoms with Crippen LogP contribution in [0.3, 0.4) is 0 Å². The molecule has 1 N–H and O–H groups in total. The van der Waals surface area contributed by atoms with Gasteiger partial charge in [-0.25, -0.2) is 0 Å². The smallest absolute Gasteiger partial charge is 0.222 e. The SMILES string of the molecule is COC(O)C1[n+]2c3c4cc(CC(C)(C)C)sc4c4c(C)cc(cc42)CCC1(C)c1c-3cc(C(C)(C)C)c2ccccc12. The highest BCUT2D eigenvalue weighted by Crippen LogP contribution is 2.55. The lowest BCUT2D eigenvalue weighted by Gasteiger charge is -2.43. The summed E-state index contributed by atoms with van der Waals surface area (Å²) in [5, 5.41) is 17.1. The molecular weight excluding hydrogens is 534 g/mol. The highest BCUT2D eigenvalue weighted by atomic mass is 32.1. The number of pyridine rings is 1. The first kappa shape index (κ1) is 28.0. The Bertz CT molecular complexity index is 1920. The minimum atomic E-state index is -0.941. The number of aliphatic hydroxyl groups is 1. The Morgan fingerprint density at radius 1 is 1.02 bits per heavy atom. The largest absolute Gasteiger partial charge is 0.363 e. The van der Waals surface area contributed by atoms with Crippen molar-refractivity contribution in [3.63, 3.8) is 0 Å². The monoisotopic (exact) mass is 578 g/mol. The van der Waals surface area contributed by atoms with Crippen LogP contribution in [0.4, 0.5) is 0 Å². The summed E-state index contributed by atoms with van der Waals surface area (Å²) in [6.45, 7) is 18.6. The number of hydrogen-bond acceptors (Lipinski definition) is 3. The van der Waals surface area contributed by atoms with Gasteiger partial charge in [-0.1, -0.05) is 71.9 Å². The topological polar surface area (TPSA) is 33.3 Å². The Morgan fingerprint density at radius 2 is 1.74 bits per heavy atom. The predicted molar refractivity (Wildman–Crippen MR) is 177 cm³/mol. The van der Waals surface area contributed by atoms with E-state index in [0.717, 1.165) is 19.3 Å². The van der Waals surface area contributed by atoms with Crippen LogP contribution in [0.15, 0.2) is 48.5 Å². The van der Waals surface area contributed by atoms with Crippen molar-refractivity contribution in [3.05, 3.63) is 75.7 Å². The van der Waals surface area contributed by atoms with Gasteiger partial charge in [-0.2, -0.15) is 4.57 Å². The maximum atomic E-state index is 11.8. The van der Waals surface area contributed by atoms with E-state index in [2.05, 4.69) is 108 Å². The summed E-state index contributed by atoms with van der Waals surface area (Å²) in [5.74, 6) is 0. The quantitative estimate of drug-likeness (QED) is 0.171. The molecule has 2 aromatic heterocycles. The van der Waals surface area contributed by atoms with Gasteiger partial charge in [0.15, 0.2) is 0 Å². The molecule has 7 rings (SSSR count). The van der Waals surface area contributed by atoms with Crippen molar-refractivity contribution in [2.75, 3.05) is 7.11 Å². The van der Waals surface area contributed by atoms with Crippen molar-refractivity contribution in [3.8, 4) is 11.3 Å². The molecule has 0 radical (unpaired) electrons. The molecular formula is C38H44NO2S+.